The molecule has 12 rings (SSSR count). The average Bonchev–Trinajstić information content (AvgIpc) is 3.85. The van der Waals surface area contributed by atoms with Gasteiger partial charge in [0.05, 0.1) is 38.8 Å². The van der Waals surface area contributed by atoms with Gasteiger partial charge in [-0.2, -0.15) is 0 Å². The lowest BCUT2D eigenvalue weighted by Gasteiger charge is -2.22. The summed E-state index contributed by atoms with van der Waals surface area (Å²) in [6.45, 7) is 0. The third kappa shape index (κ3) is 3.70. The number of ether oxygens (including phenoxy) is 1. The molecule has 1 aliphatic rings. The van der Waals surface area contributed by atoms with Gasteiger partial charge in [-0.25, -0.2) is 0 Å². The molecule has 242 valence electrons. The third-order valence-electron chi connectivity index (χ3n) is 11.0. The van der Waals surface area contributed by atoms with Gasteiger partial charge >= 0.3 is 0 Å². The van der Waals surface area contributed by atoms with Crippen LogP contribution in [0.3, 0.4) is 0 Å². The molecular formula is C48H29N3O. The molecule has 11 aromatic rings. The van der Waals surface area contributed by atoms with Crippen molar-refractivity contribution in [3.8, 4) is 39.7 Å². The molecule has 4 nitrogen and oxygen atoms in total. The Hall–Kier alpha value is -7.04. The van der Waals surface area contributed by atoms with Crippen LogP contribution in [0.4, 0.5) is 0 Å². The second-order valence-electron chi connectivity index (χ2n) is 13.8. The zero-order valence-corrected chi connectivity index (χ0v) is 28.0. The Morgan fingerprint density at radius 2 is 0.827 bits per heavy atom. The van der Waals surface area contributed by atoms with E-state index in [1.807, 2.05) is 0 Å². The summed E-state index contributed by atoms with van der Waals surface area (Å²) in [5.74, 6) is 1.75. The molecule has 3 aromatic heterocycles. The van der Waals surface area contributed by atoms with Crippen LogP contribution in [0.2, 0.25) is 0 Å². The predicted octanol–water partition coefficient (Wildman–Crippen LogP) is 12.8. The molecule has 0 unspecified atom stereocenters. The Morgan fingerprint density at radius 1 is 0.308 bits per heavy atom. The highest BCUT2D eigenvalue weighted by Gasteiger charge is 2.24. The van der Waals surface area contributed by atoms with Gasteiger partial charge in [0.2, 0.25) is 0 Å². The van der Waals surface area contributed by atoms with Crippen molar-refractivity contribution in [2.75, 3.05) is 0 Å². The zero-order valence-electron chi connectivity index (χ0n) is 28.0. The van der Waals surface area contributed by atoms with Crippen LogP contribution in [0.25, 0.3) is 93.6 Å². The van der Waals surface area contributed by atoms with Gasteiger partial charge in [0, 0.05) is 43.7 Å². The van der Waals surface area contributed by atoms with Crippen molar-refractivity contribution in [2.24, 2.45) is 0 Å². The third-order valence-corrected chi connectivity index (χ3v) is 11.0. The first-order chi connectivity index (χ1) is 25.8. The molecule has 4 heteroatoms. The van der Waals surface area contributed by atoms with Crippen LogP contribution in [0.5, 0.6) is 11.5 Å². The van der Waals surface area contributed by atoms with Crippen molar-refractivity contribution in [3.05, 3.63) is 176 Å². The monoisotopic (exact) mass is 663 g/mol. The Kier molecular flexibility index (Phi) is 5.47. The van der Waals surface area contributed by atoms with E-state index in [0.29, 0.717) is 0 Å². The van der Waals surface area contributed by atoms with Gasteiger partial charge in [-0.15, -0.1) is 0 Å². The molecule has 0 spiro atoms. The van der Waals surface area contributed by atoms with Crippen molar-refractivity contribution in [3.63, 3.8) is 0 Å². The van der Waals surface area contributed by atoms with Crippen molar-refractivity contribution in [1.29, 1.82) is 0 Å². The van der Waals surface area contributed by atoms with E-state index in [-0.39, 0.29) is 0 Å². The van der Waals surface area contributed by atoms with E-state index in [4.69, 9.17) is 4.74 Å². The molecule has 0 saturated carbocycles. The number of hydrogen-bond donors (Lipinski definition) is 0. The Balaban J connectivity index is 1.01. The molecule has 0 amide bonds. The molecule has 0 radical (unpaired) electrons. The zero-order chi connectivity index (χ0) is 33.9. The van der Waals surface area contributed by atoms with Crippen molar-refractivity contribution >= 4 is 65.4 Å². The number of rotatable bonds is 3. The quantitative estimate of drug-likeness (QED) is 0.185. The van der Waals surface area contributed by atoms with E-state index in [0.717, 1.165) is 45.2 Å². The highest BCUT2D eigenvalue weighted by atomic mass is 16.5. The SMILES string of the molecule is c1cc(-c2ccc3c(c2)Oc2cccc4c5ccccc5n-3c24)cc(-n2c3ccccc3c3cc(-n4c5ccccc5c5ccccc54)ccc32)c1. The molecule has 0 saturated heterocycles. The van der Waals surface area contributed by atoms with Crippen LogP contribution in [0.1, 0.15) is 0 Å². The Bertz CT molecular complexity index is 3230. The van der Waals surface area contributed by atoms with Gasteiger partial charge in [-0.1, -0.05) is 103 Å². The van der Waals surface area contributed by atoms with Gasteiger partial charge < -0.3 is 18.4 Å². The van der Waals surface area contributed by atoms with E-state index in [1.54, 1.807) is 0 Å². The highest BCUT2D eigenvalue weighted by molar-refractivity contribution is 6.13. The lowest BCUT2D eigenvalue weighted by Crippen LogP contribution is -2.04. The van der Waals surface area contributed by atoms with E-state index in [1.165, 1.54) is 59.9 Å². The Morgan fingerprint density at radius 3 is 1.52 bits per heavy atom. The highest BCUT2D eigenvalue weighted by Crippen LogP contribution is 2.46. The molecule has 1 aliphatic heterocycles. The van der Waals surface area contributed by atoms with E-state index in [9.17, 15) is 0 Å². The smallest absolute Gasteiger partial charge is 0.152 e. The molecule has 8 aromatic carbocycles. The topological polar surface area (TPSA) is 24.0 Å². The lowest BCUT2D eigenvalue weighted by molar-refractivity contribution is 0.476. The largest absolute Gasteiger partial charge is 0.453 e. The maximum atomic E-state index is 6.63. The predicted molar refractivity (Wildman–Crippen MR) is 215 cm³/mol. The number of nitrogens with zero attached hydrogens (tertiary/aromatic N) is 3. The normalized spacial score (nSPS) is 12.4. The number of aromatic nitrogens is 3. The van der Waals surface area contributed by atoms with Crippen LogP contribution >= 0.6 is 0 Å². The minimum atomic E-state index is 0.860. The summed E-state index contributed by atoms with van der Waals surface area (Å²) in [5, 5.41) is 7.45. The summed E-state index contributed by atoms with van der Waals surface area (Å²) in [7, 11) is 0. The number of para-hydroxylation sites is 5. The van der Waals surface area contributed by atoms with Gasteiger partial charge in [0.15, 0.2) is 11.5 Å². The summed E-state index contributed by atoms with van der Waals surface area (Å²) in [5.41, 5.74) is 12.7. The fourth-order valence-electron chi connectivity index (χ4n) is 8.80. The molecule has 0 fully saturated rings. The van der Waals surface area contributed by atoms with Crippen LogP contribution in [-0.4, -0.2) is 13.7 Å². The first-order valence-corrected chi connectivity index (χ1v) is 17.8. The minimum Gasteiger partial charge on any atom is -0.453 e. The Labute approximate surface area is 298 Å². The summed E-state index contributed by atoms with van der Waals surface area (Å²) < 4.78 is 13.8. The van der Waals surface area contributed by atoms with Crippen molar-refractivity contribution < 1.29 is 4.74 Å². The van der Waals surface area contributed by atoms with Crippen LogP contribution < -0.4 is 4.74 Å². The first kappa shape index (κ1) is 27.7. The van der Waals surface area contributed by atoms with Crippen LogP contribution in [-0.2, 0) is 0 Å². The van der Waals surface area contributed by atoms with E-state index >= 15 is 0 Å². The molecule has 0 bridgehead atoms. The molecule has 4 heterocycles. The fraction of sp³-hybridized carbons (Fsp3) is 0. The standard InChI is InChI=1S/C48H29N3O/c1-5-18-40-34(13-1)35-14-2-6-19-41(35)50(40)33-24-26-44-39(29-33)37-16-4-7-20-42(37)49(44)32-12-9-11-30(27-32)31-23-25-45-47(28-31)52-46-22-10-17-38-36-15-3-8-21-43(36)51(45)48(38)46/h1-29H. The van der Waals surface area contributed by atoms with E-state index < -0.39 is 0 Å². The molecule has 0 aliphatic carbocycles. The summed E-state index contributed by atoms with van der Waals surface area (Å²) in [6, 6.07) is 63.5. The molecule has 52 heavy (non-hydrogen) atoms. The van der Waals surface area contributed by atoms with Crippen molar-refractivity contribution in [2.45, 2.75) is 0 Å². The van der Waals surface area contributed by atoms with Crippen LogP contribution in [0, 0.1) is 0 Å². The summed E-state index contributed by atoms with van der Waals surface area (Å²) >= 11 is 0. The fourth-order valence-corrected chi connectivity index (χ4v) is 8.80. The van der Waals surface area contributed by atoms with Gasteiger partial charge in [-0.05, 0) is 83.9 Å². The van der Waals surface area contributed by atoms with Crippen LogP contribution in [0.15, 0.2) is 176 Å². The molecule has 0 atom stereocenters. The molecular weight excluding hydrogens is 635 g/mol. The maximum Gasteiger partial charge on any atom is 0.152 e. The minimum absolute atomic E-state index is 0.860. The summed E-state index contributed by atoms with van der Waals surface area (Å²) in [4.78, 5) is 0. The summed E-state index contributed by atoms with van der Waals surface area (Å²) in [6.07, 6.45) is 0. The lowest BCUT2D eigenvalue weighted by atomic mass is 10.0. The second kappa shape index (κ2) is 10.3. The van der Waals surface area contributed by atoms with Crippen molar-refractivity contribution in [1.82, 2.24) is 13.7 Å². The first-order valence-electron chi connectivity index (χ1n) is 17.8. The molecule has 0 N–H and O–H groups in total. The maximum absolute atomic E-state index is 6.63. The second-order valence-corrected chi connectivity index (χ2v) is 13.8. The van der Waals surface area contributed by atoms with Gasteiger partial charge in [0.25, 0.3) is 0 Å². The van der Waals surface area contributed by atoms with Gasteiger partial charge in [-0.3, -0.25) is 0 Å². The van der Waals surface area contributed by atoms with Gasteiger partial charge in [0.1, 0.15) is 0 Å². The number of hydrogen-bond acceptors (Lipinski definition) is 1. The number of benzene rings is 8. The number of fused-ring (bicyclic) bond motifs is 11. The van der Waals surface area contributed by atoms with E-state index in [2.05, 4.69) is 190 Å². The average molecular weight is 664 g/mol.